The lowest BCUT2D eigenvalue weighted by Gasteiger charge is -2.20. The summed E-state index contributed by atoms with van der Waals surface area (Å²) in [6.07, 6.45) is 6.02. The van der Waals surface area contributed by atoms with E-state index < -0.39 is 0 Å². The summed E-state index contributed by atoms with van der Waals surface area (Å²) in [5.74, 6) is -0.133. The topological polar surface area (TPSA) is 69.7 Å². The van der Waals surface area contributed by atoms with Crippen LogP contribution in [0.4, 0.5) is 11.4 Å². The quantitative estimate of drug-likeness (QED) is 0.886. The lowest BCUT2D eigenvalue weighted by atomic mass is 10.1. The van der Waals surface area contributed by atoms with Crippen LogP contribution in [0.3, 0.4) is 0 Å². The second-order valence-electron chi connectivity index (χ2n) is 7.86. The Morgan fingerprint density at radius 2 is 2.00 bits per heavy atom. The van der Waals surface area contributed by atoms with Crippen molar-refractivity contribution < 1.29 is 14.4 Å². The van der Waals surface area contributed by atoms with Gasteiger partial charge in [0.25, 0.3) is 0 Å². The molecule has 1 unspecified atom stereocenters. The highest BCUT2D eigenvalue weighted by molar-refractivity contribution is 6.01. The molecule has 3 amide bonds. The Bertz CT molecular complexity index is 770. The van der Waals surface area contributed by atoms with Crippen LogP contribution in [-0.2, 0) is 20.8 Å². The predicted octanol–water partition coefficient (Wildman–Crippen LogP) is 2.40. The summed E-state index contributed by atoms with van der Waals surface area (Å²) in [6.45, 7) is 3.01. The molecular weight excluding hydrogens is 342 g/mol. The number of rotatable bonds is 4. The molecule has 27 heavy (non-hydrogen) atoms. The number of hydrogen-bond acceptors (Lipinski definition) is 3. The Balaban J connectivity index is 1.45. The van der Waals surface area contributed by atoms with Crippen molar-refractivity contribution in [3.05, 3.63) is 23.8 Å². The lowest BCUT2D eigenvalue weighted by Crippen LogP contribution is -2.38. The van der Waals surface area contributed by atoms with E-state index in [1.165, 1.54) is 12.8 Å². The largest absolute Gasteiger partial charge is 0.353 e. The van der Waals surface area contributed by atoms with Gasteiger partial charge in [0.15, 0.2) is 0 Å². The molecular formula is C21H27N3O3. The molecule has 0 bridgehead atoms. The summed E-state index contributed by atoms with van der Waals surface area (Å²) in [5.41, 5.74) is 2.88. The van der Waals surface area contributed by atoms with E-state index in [2.05, 4.69) is 5.32 Å². The van der Waals surface area contributed by atoms with Crippen LogP contribution in [-0.4, -0.2) is 36.9 Å². The zero-order chi connectivity index (χ0) is 19.0. The number of fused-ring (bicyclic) bond motifs is 1. The first-order valence-electron chi connectivity index (χ1n) is 10.1. The van der Waals surface area contributed by atoms with Gasteiger partial charge in [-0.2, -0.15) is 0 Å². The van der Waals surface area contributed by atoms with Gasteiger partial charge < -0.3 is 15.1 Å². The minimum absolute atomic E-state index is 0.000935. The van der Waals surface area contributed by atoms with Gasteiger partial charge in [-0.1, -0.05) is 19.8 Å². The van der Waals surface area contributed by atoms with Crippen LogP contribution in [0.2, 0.25) is 0 Å². The highest BCUT2D eigenvalue weighted by Crippen LogP contribution is 2.34. The van der Waals surface area contributed by atoms with Crippen molar-refractivity contribution in [3.63, 3.8) is 0 Å². The molecule has 2 fully saturated rings. The van der Waals surface area contributed by atoms with Crippen LogP contribution in [0.5, 0.6) is 0 Å². The summed E-state index contributed by atoms with van der Waals surface area (Å²) in [5, 5.41) is 3.12. The predicted molar refractivity (Wildman–Crippen MR) is 104 cm³/mol. The molecule has 1 N–H and O–H groups in total. The Morgan fingerprint density at radius 3 is 2.74 bits per heavy atom. The molecule has 1 aliphatic carbocycles. The monoisotopic (exact) mass is 369 g/mol. The highest BCUT2D eigenvalue weighted by atomic mass is 16.2. The van der Waals surface area contributed by atoms with Gasteiger partial charge in [-0.05, 0) is 43.0 Å². The van der Waals surface area contributed by atoms with E-state index in [0.29, 0.717) is 19.5 Å². The second kappa shape index (κ2) is 7.33. The normalized spacial score (nSPS) is 22.4. The van der Waals surface area contributed by atoms with E-state index in [0.717, 1.165) is 36.2 Å². The number of nitrogens with zero attached hydrogens (tertiary/aromatic N) is 2. The standard InChI is InChI=1S/C21H27N3O3/c1-2-19(25)23-10-9-14-11-17(7-8-18(14)23)24-13-15(12-20(24)26)21(27)22-16-5-3-4-6-16/h7-8,11,15-16H,2-6,9-10,12-13H2,1H3,(H,22,27). The minimum atomic E-state index is -0.274. The first-order valence-corrected chi connectivity index (χ1v) is 10.1. The second-order valence-corrected chi connectivity index (χ2v) is 7.86. The van der Waals surface area contributed by atoms with Crippen molar-refractivity contribution in [3.8, 4) is 0 Å². The van der Waals surface area contributed by atoms with Crippen LogP contribution in [0.15, 0.2) is 18.2 Å². The van der Waals surface area contributed by atoms with Gasteiger partial charge in [0.1, 0.15) is 0 Å². The third-order valence-corrected chi connectivity index (χ3v) is 6.07. The maximum Gasteiger partial charge on any atom is 0.227 e. The molecule has 144 valence electrons. The Labute approximate surface area is 159 Å². The zero-order valence-electron chi connectivity index (χ0n) is 15.9. The van der Waals surface area contributed by atoms with E-state index in [-0.39, 0.29) is 36.1 Å². The van der Waals surface area contributed by atoms with Crippen molar-refractivity contribution in [2.75, 3.05) is 22.9 Å². The van der Waals surface area contributed by atoms with Gasteiger partial charge in [-0.25, -0.2) is 0 Å². The fourth-order valence-electron chi connectivity index (χ4n) is 4.53. The summed E-state index contributed by atoms with van der Waals surface area (Å²) in [6, 6.07) is 6.12. The molecule has 1 atom stereocenters. The molecule has 1 aromatic carbocycles. The lowest BCUT2D eigenvalue weighted by molar-refractivity contribution is -0.126. The van der Waals surface area contributed by atoms with Gasteiger partial charge in [0.05, 0.1) is 5.92 Å². The van der Waals surface area contributed by atoms with Gasteiger partial charge in [0.2, 0.25) is 17.7 Å². The maximum atomic E-state index is 12.5. The number of carbonyl (C=O) groups is 3. The van der Waals surface area contributed by atoms with E-state index in [9.17, 15) is 14.4 Å². The molecule has 6 nitrogen and oxygen atoms in total. The third-order valence-electron chi connectivity index (χ3n) is 6.07. The number of hydrogen-bond donors (Lipinski definition) is 1. The summed E-state index contributed by atoms with van der Waals surface area (Å²) >= 11 is 0. The molecule has 3 aliphatic rings. The Morgan fingerprint density at radius 1 is 1.22 bits per heavy atom. The number of amides is 3. The molecule has 0 radical (unpaired) electrons. The fraction of sp³-hybridized carbons (Fsp3) is 0.571. The summed E-state index contributed by atoms with van der Waals surface area (Å²) < 4.78 is 0. The first-order chi connectivity index (χ1) is 13.1. The fourth-order valence-corrected chi connectivity index (χ4v) is 4.53. The average molecular weight is 369 g/mol. The van der Waals surface area contributed by atoms with Crippen molar-refractivity contribution >= 4 is 29.1 Å². The van der Waals surface area contributed by atoms with Gasteiger partial charge >= 0.3 is 0 Å². The van der Waals surface area contributed by atoms with E-state index in [1.54, 1.807) is 4.90 Å². The smallest absolute Gasteiger partial charge is 0.227 e. The molecule has 1 saturated heterocycles. The molecule has 0 spiro atoms. The van der Waals surface area contributed by atoms with Crippen LogP contribution >= 0.6 is 0 Å². The van der Waals surface area contributed by atoms with Crippen LogP contribution in [0.1, 0.15) is 51.0 Å². The SMILES string of the molecule is CCC(=O)N1CCc2cc(N3CC(C(=O)NC4CCCC4)CC3=O)ccc21. The Hall–Kier alpha value is -2.37. The number of carbonyl (C=O) groups excluding carboxylic acids is 3. The third kappa shape index (κ3) is 3.45. The summed E-state index contributed by atoms with van der Waals surface area (Å²) in [7, 11) is 0. The van der Waals surface area contributed by atoms with Crippen molar-refractivity contribution in [2.24, 2.45) is 5.92 Å². The van der Waals surface area contributed by atoms with E-state index in [1.807, 2.05) is 30.0 Å². The van der Waals surface area contributed by atoms with E-state index >= 15 is 0 Å². The van der Waals surface area contributed by atoms with Crippen molar-refractivity contribution in [2.45, 2.75) is 57.9 Å². The molecule has 2 aliphatic heterocycles. The Kier molecular flexibility index (Phi) is 4.89. The van der Waals surface area contributed by atoms with Crippen molar-refractivity contribution in [1.82, 2.24) is 5.32 Å². The molecule has 6 heteroatoms. The number of anilines is 2. The van der Waals surface area contributed by atoms with Crippen LogP contribution in [0.25, 0.3) is 0 Å². The molecule has 1 aromatic rings. The number of nitrogens with one attached hydrogen (secondary N) is 1. The van der Waals surface area contributed by atoms with Crippen molar-refractivity contribution in [1.29, 1.82) is 0 Å². The zero-order valence-corrected chi connectivity index (χ0v) is 15.9. The number of benzene rings is 1. The van der Waals surface area contributed by atoms with E-state index in [4.69, 9.17) is 0 Å². The molecule has 4 rings (SSSR count). The first kappa shape index (κ1) is 18.0. The van der Waals surface area contributed by atoms with Crippen LogP contribution in [0, 0.1) is 5.92 Å². The average Bonchev–Trinajstić information content (AvgIpc) is 3.40. The maximum absolute atomic E-state index is 12.5. The van der Waals surface area contributed by atoms with Gasteiger partial charge in [0, 0.05) is 43.3 Å². The van der Waals surface area contributed by atoms with Gasteiger partial charge in [-0.3, -0.25) is 14.4 Å². The minimum Gasteiger partial charge on any atom is -0.353 e. The summed E-state index contributed by atoms with van der Waals surface area (Å²) in [4.78, 5) is 40.6. The molecule has 1 saturated carbocycles. The highest BCUT2D eigenvalue weighted by Gasteiger charge is 2.36. The molecule has 2 heterocycles. The van der Waals surface area contributed by atoms with Crippen LogP contribution < -0.4 is 15.1 Å². The van der Waals surface area contributed by atoms with Gasteiger partial charge in [-0.15, -0.1) is 0 Å². The molecule has 0 aromatic heterocycles.